The first kappa shape index (κ1) is 23.9. The molecule has 1 radical (unpaired) electrons. The van der Waals surface area contributed by atoms with Crippen molar-refractivity contribution in [2.75, 3.05) is 0 Å². The van der Waals surface area contributed by atoms with Crippen LogP contribution < -0.4 is 24.8 Å². The predicted molar refractivity (Wildman–Crippen MR) is 83.2 cm³/mol. The molecule has 0 nitrogen and oxygen atoms in total. The summed E-state index contributed by atoms with van der Waals surface area (Å²) in [5, 5.41) is 0. The number of rotatable bonds is 3. The maximum atomic E-state index is 3.60. The second-order valence-corrected chi connectivity index (χ2v) is 4.84. The van der Waals surface area contributed by atoms with Crippen LogP contribution in [0.15, 0.2) is 55.1 Å². The minimum absolute atomic E-state index is 0. The van der Waals surface area contributed by atoms with E-state index in [2.05, 4.69) is 56.0 Å². The van der Waals surface area contributed by atoms with Crippen molar-refractivity contribution in [3.05, 3.63) is 72.3 Å². The molecule has 0 spiro atoms. The van der Waals surface area contributed by atoms with Gasteiger partial charge in [0.05, 0.1) is 0 Å². The largest absolute Gasteiger partial charge is 3.00 e. The van der Waals surface area contributed by atoms with Crippen LogP contribution in [0.25, 0.3) is 11.1 Å². The Kier molecular flexibility index (Phi) is 14.3. The molecule has 0 atom stereocenters. The first-order chi connectivity index (χ1) is 9.36. The summed E-state index contributed by atoms with van der Waals surface area (Å²) in [6, 6.07) is 18.1. The van der Waals surface area contributed by atoms with Crippen molar-refractivity contribution < 1.29 is 51.0 Å². The summed E-state index contributed by atoms with van der Waals surface area (Å²) in [5.74, 6) is 0. The summed E-state index contributed by atoms with van der Waals surface area (Å²) in [6.07, 6.45) is 6.79. The van der Waals surface area contributed by atoms with Crippen molar-refractivity contribution >= 4 is 0 Å². The van der Waals surface area contributed by atoms with E-state index in [0.29, 0.717) is 0 Å². The molecule has 2 aromatic carbocycles. The van der Waals surface area contributed by atoms with E-state index in [9.17, 15) is 0 Å². The van der Waals surface area contributed by atoms with Gasteiger partial charge in [-0.05, 0) is 12.8 Å². The number of halogens is 2. The van der Waals surface area contributed by atoms with Crippen LogP contribution >= 0.6 is 0 Å². The van der Waals surface area contributed by atoms with Gasteiger partial charge in [-0.2, -0.15) is 0 Å². The molecule has 3 heteroatoms. The molecule has 0 heterocycles. The minimum atomic E-state index is 0. The van der Waals surface area contributed by atoms with E-state index in [1.165, 1.54) is 41.5 Å². The summed E-state index contributed by atoms with van der Waals surface area (Å²) >= 11 is 0. The van der Waals surface area contributed by atoms with Gasteiger partial charge >= 0.3 is 26.2 Å². The van der Waals surface area contributed by atoms with Gasteiger partial charge in [-0.15, -0.1) is 42.0 Å². The molecule has 0 saturated carbocycles. The summed E-state index contributed by atoms with van der Waals surface area (Å²) < 4.78 is 0. The summed E-state index contributed by atoms with van der Waals surface area (Å²) in [6.45, 7) is 5.78. The van der Waals surface area contributed by atoms with Gasteiger partial charge in [-0.1, -0.05) is 61.2 Å². The van der Waals surface area contributed by atoms with Crippen molar-refractivity contribution in [3.63, 3.8) is 0 Å². The third kappa shape index (κ3) is 6.41. The standard InChI is InChI=1S/C13H9.C6H12.2ClH.Zr/c1-3-7-12-10(5-1)9-11-6-2-4-8-13(11)12;1-3-5-6-4-2;;;/h1-7H,9H2;3H,1,4-6H2,2H3;2*1H;/q-1;;;;+3/p-2. The maximum absolute atomic E-state index is 3.60. The van der Waals surface area contributed by atoms with Gasteiger partial charge in [0, 0.05) is 0 Å². The molecule has 0 N–H and O–H groups in total. The van der Waals surface area contributed by atoms with E-state index in [0.717, 1.165) is 6.42 Å². The zero-order valence-electron chi connectivity index (χ0n) is 12.9. The maximum Gasteiger partial charge on any atom is 3.00 e. The van der Waals surface area contributed by atoms with Crippen molar-refractivity contribution in [2.45, 2.75) is 32.6 Å². The van der Waals surface area contributed by atoms with E-state index >= 15 is 0 Å². The first-order valence-electron chi connectivity index (χ1n) is 7.05. The molecule has 0 aromatic heterocycles. The van der Waals surface area contributed by atoms with Crippen LogP contribution in [-0.4, -0.2) is 0 Å². The third-order valence-corrected chi connectivity index (χ3v) is 3.37. The second-order valence-electron chi connectivity index (χ2n) is 4.84. The molecular formula is C19H21Cl2Zr. The van der Waals surface area contributed by atoms with Gasteiger partial charge < -0.3 is 24.8 Å². The van der Waals surface area contributed by atoms with Crippen molar-refractivity contribution in [3.8, 4) is 11.1 Å². The molecule has 0 bridgehead atoms. The third-order valence-electron chi connectivity index (χ3n) is 3.37. The van der Waals surface area contributed by atoms with Crippen molar-refractivity contribution in [1.82, 2.24) is 0 Å². The van der Waals surface area contributed by atoms with Gasteiger partial charge in [0.1, 0.15) is 0 Å². The van der Waals surface area contributed by atoms with Crippen LogP contribution in [0, 0.1) is 6.07 Å². The fraction of sp³-hybridized carbons (Fsp3) is 0.263. The topological polar surface area (TPSA) is 0 Å². The number of benzene rings is 2. The molecule has 0 aliphatic heterocycles. The zero-order valence-corrected chi connectivity index (χ0v) is 16.9. The smallest absolute Gasteiger partial charge is 1.00 e. The number of hydrogen-bond donors (Lipinski definition) is 0. The molecule has 22 heavy (non-hydrogen) atoms. The van der Waals surface area contributed by atoms with Crippen LogP contribution in [0.5, 0.6) is 0 Å². The summed E-state index contributed by atoms with van der Waals surface area (Å²) in [7, 11) is 0. The number of fused-ring (bicyclic) bond motifs is 3. The molecule has 0 saturated heterocycles. The Hall–Kier alpha value is -0.357. The molecule has 3 rings (SSSR count). The molecule has 0 amide bonds. The normalized spacial score (nSPS) is 9.50. The van der Waals surface area contributed by atoms with Crippen molar-refractivity contribution in [1.29, 1.82) is 0 Å². The van der Waals surface area contributed by atoms with E-state index in [4.69, 9.17) is 0 Å². The van der Waals surface area contributed by atoms with Crippen LogP contribution in [0.1, 0.15) is 37.3 Å². The number of hydrogen-bond acceptors (Lipinski definition) is 0. The van der Waals surface area contributed by atoms with Crippen LogP contribution in [0.3, 0.4) is 0 Å². The minimum Gasteiger partial charge on any atom is -1.00 e. The average Bonchev–Trinajstić information content (AvgIpc) is 2.84. The first-order valence-corrected chi connectivity index (χ1v) is 7.05. The summed E-state index contributed by atoms with van der Waals surface area (Å²) in [5.41, 5.74) is 5.49. The second kappa shape index (κ2) is 13.1. The average molecular weight is 412 g/mol. The van der Waals surface area contributed by atoms with E-state index in [-0.39, 0.29) is 51.0 Å². The molecule has 0 unspecified atom stereocenters. The van der Waals surface area contributed by atoms with Gasteiger partial charge in [0.25, 0.3) is 0 Å². The van der Waals surface area contributed by atoms with E-state index < -0.39 is 0 Å². The Morgan fingerprint density at radius 1 is 1.09 bits per heavy atom. The quantitative estimate of drug-likeness (QED) is 0.308. The van der Waals surface area contributed by atoms with Gasteiger partial charge in [0.2, 0.25) is 0 Å². The van der Waals surface area contributed by atoms with Gasteiger partial charge in [-0.25, -0.2) is 0 Å². The van der Waals surface area contributed by atoms with Crippen molar-refractivity contribution in [2.24, 2.45) is 0 Å². The molecule has 2 aromatic rings. The Morgan fingerprint density at radius 2 is 1.77 bits per heavy atom. The molecule has 115 valence electrons. The number of allylic oxidation sites excluding steroid dienone is 1. The Labute approximate surface area is 166 Å². The zero-order chi connectivity index (χ0) is 13.5. The predicted octanol–water partition coefficient (Wildman–Crippen LogP) is -0.574. The number of unbranched alkanes of at least 4 members (excludes halogenated alkanes) is 2. The molecule has 1 aliphatic rings. The fourth-order valence-corrected chi connectivity index (χ4v) is 2.34. The van der Waals surface area contributed by atoms with Gasteiger partial charge in [0.15, 0.2) is 0 Å². The fourth-order valence-electron chi connectivity index (χ4n) is 2.34. The summed E-state index contributed by atoms with van der Waals surface area (Å²) in [4.78, 5) is 0. The SMILES string of the molecule is C=CCCCC.[Cl-].[Cl-].[Zr+3].[c-]1cccc2c1-c1ccccc1C2. The Morgan fingerprint density at radius 3 is 2.41 bits per heavy atom. The van der Waals surface area contributed by atoms with Crippen LogP contribution in [-0.2, 0) is 32.6 Å². The molecule has 0 fully saturated rings. The van der Waals surface area contributed by atoms with Gasteiger partial charge in [-0.3, -0.25) is 0 Å². The monoisotopic (exact) mass is 409 g/mol. The van der Waals surface area contributed by atoms with E-state index in [1.807, 2.05) is 12.1 Å². The Balaban J connectivity index is 0. The van der Waals surface area contributed by atoms with Crippen LogP contribution in [0.4, 0.5) is 0 Å². The molecular weight excluding hydrogens is 390 g/mol. The molecule has 1 aliphatic carbocycles. The van der Waals surface area contributed by atoms with E-state index in [1.54, 1.807) is 0 Å². The Bertz CT molecular complexity index is 509. The van der Waals surface area contributed by atoms with Crippen LogP contribution in [0.2, 0.25) is 0 Å².